The van der Waals surface area contributed by atoms with Gasteiger partial charge in [0.05, 0.1) is 11.8 Å². The van der Waals surface area contributed by atoms with Crippen molar-refractivity contribution < 1.29 is 4.79 Å². The van der Waals surface area contributed by atoms with Gasteiger partial charge in [-0.05, 0) is 6.42 Å². The van der Waals surface area contributed by atoms with Gasteiger partial charge < -0.3 is 5.32 Å². The molecule has 0 rings (SSSR count). The lowest BCUT2D eigenvalue weighted by molar-refractivity contribution is 0.202. The summed E-state index contributed by atoms with van der Waals surface area (Å²) in [4.78, 5) is 21.0. The number of carbonyl (C=O) groups excluding carboxylic acids is 1. The highest BCUT2D eigenvalue weighted by Gasteiger charge is 2.11. The molecule has 12 heavy (non-hydrogen) atoms. The molecule has 0 aromatic carbocycles. The molecule has 0 aromatic heterocycles. The van der Waals surface area contributed by atoms with Gasteiger partial charge in [0.1, 0.15) is 0 Å². The van der Waals surface area contributed by atoms with Gasteiger partial charge in [0, 0.05) is 12.4 Å². The van der Waals surface area contributed by atoms with Crippen molar-refractivity contribution in [2.24, 2.45) is 5.29 Å². The molecule has 5 nitrogen and oxygen atoms in total. The van der Waals surface area contributed by atoms with Crippen LogP contribution in [-0.2, 0) is 0 Å². The second-order valence-corrected chi connectivity index (χ2v) is 2.50. The predicted octanol–water partition coefficient (Wildman–Crippen LogP) is 1.33. The molecule has 6 heteroatoms. The fourth-order valence-electron chi connectivity index (χ4n) is 0.583. The van der Waals surface area contributed by atoms with E-state index in [1.54, 1.807) is 0 Å². The maximum absolute atomic E-state index is 11.0. The van der Waals surface area contributed by atoms with Crippen molar-refractivity contribution in [2.45, 2.75) is 13.3 Å². The quantitative estimate of drug-likeness (QED) is 0.407. The summed E-state index contributed by atoms with van der Waals surface area (Å²) in [5.41, 5.74) is 0. The third-order valence-corrected chi connectivity index (χ3v) is 1.32. The van der Waals surface area contributed by atoms with Crippen molar-refractivity contribution in [3.63, 3.8) is 0 Å². The van der Waals surface area contributed by atoms with Crippen molar-refractivity contribution in [2.75, 3.05) is 19.0 Å². The number of carbonyl (C=O) groups is 1. The zero-order valence-corrected chi connectivity index (χ0v) is 7.67. The summed E-state index contributed by atoms with van der Waals surface area (Å²) in [6.45, 7) is 2.59. The van der Waals surface area contributed by atoms with Gasteiger partial charge in [0.2, 0.25) is 0 Å². The van der Waals surface area contributed by atoms with E-state index in [4.69, 9.17) is 11.6 Å². The average Bonchev–Trinajstić information content (AvgIpc) is 2.10. The van der Waals surface area contributed by atoms with Gasteiger partial charge in [0.15, 0.2) is 0 Å². The Labute approximate surface area is 76.0 Å². The first kappa shape index (κ1) is 11.2. The Hall–Kier alpha value is -0.840. The SMILES string of the molecule is CCCNC(=O)N(CCCl)N=O. The molecule has 0 saturated carbocycles. The van der Waals surface area contributed by atoms with Crippen molar-refractivity contribution in [1.82, 2.24) is 10.3 Å². The molecule has 0 aliphatic rings. The lowest BCUT2D eigenvalue weighted by Crippen LogP contribution is -2.37. The van der Waals surface area contributed by atoms with Crippen LogP contribution >= 0.6 is 11.6 Å². The number of nitroso groups, excluding NO2 is 1. The highest BCUT2D eigenvalue weighted by Crippen LogP contribution is 1.91. The maximum Gasteiger partial charge on any atom is 0.340 e. The smallest absolute Gasteiger partial charge is 0.336 e. The molecular weight excluding hydrogens is 182 g/mol. The van der Waals surface area contributed by atoms with Gasteiger partial charge in [-0.1, -0.05) is 6.92 Å². The third-order valence-electron chi connectivity index (χ3n) is 1.16. The number of rotatable bonds is 5. The minimum Gasteiger partial charge on any atom is -0.336 e. The lowest BCUT2D eigenvalue weighted by Gasteiger charge is -2.11. The summed E-state index contributed by atoms with van der Waals surface area (Å²) >= 11 is 5.33. The predicted molar refractivity (Wildman–Crippen MR) is 46.9 cm³/mol. The molecule has 0 aliphatic heterocycles. The van der Waals surface area contributed by atoms with Crippen molar-refractivity contribution in [3.05, 3.63) is 4.91 Å². The number of amides is 2. The topological polar surface area (TPSA) is 61.8 Å². The Kier molecular flexibility index (Phi) is 6.37. The molecule has 0 aliphatic carbocycles. The monoisotopic (exact) mass is 193 g/mol. The van der Waals surface area contributed by atoms with Crippen LogP contribution in [0.1, 0.15) is 13.3 Å². The van der Waals surface area contributed by atoms with E-state index >= 15 is 0 Å². The maximum atomic E-state index is 11.0. The summed E-state index contributed by atoms with van der Waals surface area (Å²) in [6, 6.07) is -0.493. The Balaban J connectivity index is 3.77. The number of hydrogen-bond acceptors (Lipinski definition) is 3. The van der Waals surface area contributed by atoms with E-state index in [0.717, 1.165) is 11.4 Å². The summed E-state index contributed by atoms with van der Waals surface area (Å²) < 4.78 is 0. The molecule has 0 atom stereocenters. The van der Waals surface area contributed by atoms with E-state index in [-0.39, 0.29) is 12.4 Å². The summed E-state index contributed by atoms with van der Waals surface area (Å²) in [6.07, 6.45) is 0.819. The largest absolute Gasteiger partial charge is 0.340 e. The number of nitrogens with one attached hydrogen (secondary N) is 1. The van der Waals surface area contributed by atoms with E-state index in [1.165, 1.54) is 0 Å². The minimum absolute atomic E-state index is 0.139. The molecule has 70 valence electrons. The highest BCUT2D eigenvalue weighted by molar-refractivity contribution is 6.18. The van der Waals surface area contributed by atoms with E-state index in [9.17, 15) is 9.70 Å². The van der Waals surface area contributed by atoms with Crippen molar-refractivity contribution in [1.29, 1.82) is 0 Å². The third kappa shape index (κ3) is 4.12. The van der Waals surface area contributed by atoms with Crippen LogP contribution < -0.4 is 5.32 Å². The Bertz CT molecular complexity index is 154. The standard InChI is InChI=1S/C6H12ClN3O2/c1-2-4-8-6(11)10(9-12)5-3-7/h2-5H2,1H3,(H,8,11). The van der Waals surface area contributed by atoms with Gasteiger partial charge in [0.25, 0.3) is 0 Å². The normalized spacial score (nSPS) is 9.17. The second-order valence-electron chi connectivity index (χ2n) is 2.13. The Morgan fingerprint density at radius 2 is 2.33 bits per heavy atom. The molecule has 0 aromatic rings. The Morgan fingerprint density at radius 3 is 2.75 bits per heavy atom. The zero-order chi connectivity index (χ0) is 9.40. The minimum atomic E-state index is -0.493. The van der Waals surface area contributed by atoms with Crippen LogP contribution in [0.15, 0.2) is 5.29 Å². The molecule has 1 N–H and O–H groups in total. The molecule has 0 radical (unpaired) electrons. The van der Waals surface area contributed by atoms with Gasteiger partial charge in [-0.25, -0.2) is 4.79 Å². The van der Waals surface area contributed by atoms with Gasteiger partial charge in [-0.3, -0.25) is 0 Å². The molecule has 0 saturated heterocycles. The first-order valence-corrected chi connectivity index (χ1v) is 4.24. The number of hydrogen-bond donors (Lipinski definition) is 1. The second kappa shape index (κ2) is 6.84. The fourth-order valence-corrected chi connectivity index (χ4v) is 0.743. The molecule has 0 heterocycles. The van der Waals surface area contributed by atoms with Crippen molar-refractivity contribution >= 4 is 17.6 Å². The molecule has 0 unspecified atom stereocenters. The molecule has 0 spiro atoms. The first-order valence-electron chi connectivity index (χ1n) is 3.70. The van der Waals surface area contributed by atoms with Crippen LogP contribution in [0, 0.1) is 4.91 Å². The van der Waals surface area contributed by atoms with Gasteiger partial charge in [-0.15, -0.1) is 16.5 Å². The highest BCUT2D eigenvalue weighted by atomic mass is 35.5. The van der Waals surface area contributed by atoms with E-state index in [1.807, 2.05) is 6.92 Å². The Morgan fingerprint density at radius 1 is 1.67 bits per heavy atom. The van der Waals surface area contributed by atoms with Gasteiger partial charge in [-0.2, -0.15) is 5.01 Å². The summed E-state index contributed by atoms with van der Waals surface area (Å²) in [5, 5.41) is 5.79. The average molecular weight is 194 g/mol. The van der Waals surface area contributed by atoms with E-state index in [2.05, 4.69) is 10.6 Å². The lowest BCUT2D eigenvalue weighted by atomic mass is 10.5. The van der Waals surface area contributed by atoms with E-state index < -0.39 is 6.03 Å². The number of halogens is 1. The van der Waals surface area contributed by atoms with Crippen molar-refractivity contribution in [3.8, 4) is 0 Å². The van der Waals surface area contributed by atoms with Crippen LogP contribution in [0.2, 0.25) is 0 Å². The number of alkyl halides is 1. The van der Waals surface area contributed by atoms with Gasteiger partial charge >= 0.3 is 6.03 Å². The summed E-state index contributed by atoms with van der Waals surface area (Å²) in [7, 11) is 0. The molecule has 0 bridgehead atoms. The van der Waals surface area contributed by atoms with E-state index in [0.29, 0.717) is 6.54 Å². The molecular formula is C6H12ClN3O2. The van der Waals surface area contributed by atoms with Crippen LogP contribution in [0.3, 0.4) is 0 Å². The zero-order valence-electron chi connectivity index (χ0n) is 6.92. The first-order chi connectivity index (χ1) is 5.76. The molecule has 2 amide bonds. The number of urea groups is 1. The van der Waals surface area contributed by atoms with Crippen LogP contribution in [0.25, 0.3) is 0 Å². The molecule has 0 fully saturated rings. The van der Waals surface area contributed by atoms with Crippen LogP contribution in [0.5, 0.6) is 0 Å². The van der Waals surface area contributed by atoms with Crippen LogP contribution in [-0.4, -0.2) is 30.0 Å². The summed E-state index contributed by atoms with van der Waals surface area (Å²) in [5.74, 6) is 0.200. The van der Waals surface area contributed by atoms with Crippen LogP contribution in [0.4, 0.5) is 4.79 Å². The number of nitrogens with zero attached hydrogens (tertiary/aromatic N) is 2. The fraction of sp³-hybridized carbons (Fsp3) is 0.833.